The Labute approximate surface area is 117 Å². The lowest BCUT2D eigenvalue weighted by Crippen LogP contribution is -2.61. The molecule has 1 aromatic heterocycles. The summed E-state index contributed by atoms with van der Waals surface area (Å²) in [6.07, 6.45) is 1.18. The van der Waals surface area contributed by atoms with Crippen molar-refractivity contribution in [3.05, 3.63) is 23.2 Å². The lowest BCUT2D eigenvalue weighted by molar-refractivity contribution is 0.0575. The number of hydrogen-bond acceptors (Lipinski definition) is 3. The second-order valence-electron chi connectivity index (χ2n) is 6.54. The number of nitrogens with one attached hydrogen (secondary N) is 1. The van der Waals surface area contributed by atoms with Crippen LogP contribution >= 0.6 is 0 Å². The first-order chi connectivity index (χ1) is 8.84. The highest BCUT2D eigenvalue weighted by Crippen LogP contribution is 2.31. The summed E-state index contributed by atoms with van der Waals surface area (Å²) in [6, 6.07) is 3.23. The minimum absolute atomic E-state index is 0.187. The van der Waals surface area contributed by atoms with Crippen molar-refractivity contribution in [1.29, 1.82) is 0 Å². The molecule has 0 amide bonds. The molecule has 2 atom stereocenters. The molecule has 1 aromatic rings. The Morgan fingerprint density at radius 3 is 2.68 bits per heavy atom. The quantitative estimate of drug-likeness (QED) is 0.906. The molecule has 1 saturated heterocycles. The summed E-state index contributed by atoms with van der Waals surface area (Å²) >= 11 is 0. The van der Waals surface area contributed by atoms with Gasteiger partial charge in [0, 0.05) is 36.3 Å². The maximum Gasteiger partial charge on any atom is 0.105 e. The maximum atomic E-state index is 5.71. The third kappa shape index (κ3) is 3.03. The molecule has 0 aromatic carbocycles. The molecule has 3 heteroatoms. The third-order valence-corrected chi connectivity index (χ3v) is 4.36. The van der Waals surface area contributed by atoms with Gasteiger partial charge in [0.25, 0.3) is 0 Å². The Balaban J connectivity index is 2.24. The fraction of sp³-hybridized carbons (Fsp3) is 0.750. The van der Waals surface area contributed by atoms with Crippen LogP contribution in [-0.4, -0.2) is 29.6 Å². The number of rotatable bonds is 3. The number of piperazine rings is 1. The van der Waals surface area contributed by atoms with Crippen molar-refractivity contribution in [3.8, 4) is 0 Å². The first-order valence-corrected chi connectivity index (χ1v) is 7.41. The fourth-order valence-corrected chi connectivity index (χ4v) is 3.23. The zero-order chi connectivity index (χ0) is 14.2. The van der Waals surface area contributed by atoms with Gasteiger partial charge >= 0.3 is 0 Å². The molecule has 0 radical (unpaired) electrons. The molecule has 1 fully saturated rings. The van der Waals surface area contributed by atoms with Gasteiger partial charge in [-0.05, 0) is 47.1 Å². The van der Waals surface area contributed by atoms with Crippen LogP contribution in [0.3, 0.4) is 0 Å². The van der Waals surface area contributed by atoms with Crippen LogP contribution in [0, 0.1) is 13.8 Å². The summed E-state index contributed by atoms with van der Waals surface area (Å²) in [5.41, 5.74) is 1.53. The van der Waals surface area contributed by atoms with Gasteiger partial charge in [-0.25, -0.2) is 0 Å². The molecule has 0 bridgehead atoms. The largest absolute Gasteiger partial charge is 0.466 e. The standard InChI is InChI=1S/C16H28N2O/c1-7-14-9-17-16(5,6)10-18(14)12(3)15-8-11(2)19-13(15)4/h8,12,14,17H,7,9-10H2,1-6H3. The van der Waals surface area contributed by atoms with E-state index in [0.717, 1.165) is 24.6 Å². The van der Waals surface area contributed by atoms with Crippen molar-refractivity contribution >= 4 is 0 Å². The van der Waals surface area contributed by atoms with E-state index in [2.05, 4.69) is 50.9 Å². The Kier molecular flexibility index (Phi) is 4.07. The lowest BCUT2D eigenvalue weighted by atomic mass is 9.94. The fourth-order valence-electron chi connectivity index (χ4n) is 3.23. The predicted octanol–water partition coefficient (Wildman–Crippen LogP) is 3.42. The van der Waals surface area contributed by atoms with E-state index in [1.807, 2.05) is 6.92 Å². The van der Waals surface area contributed by atoms with Gasteiger partial charge in [0.2, 0.25) is 0 Å². The van der Waals surface area contributed by atoms with Crippen molar-refractivity contribution in [1.82, 2.24) is 10.2 Å². The third-order valence-electron chi connectivity index (χ3n) is 4.36. The zero-order valence-corrected chi connectivity index (χ0v) is 13.2. The highest BCUT2D eigenvalue weighted by atomic mass is 16.3. The number of nitrogens with zero attached hydrogens (tertiary/aromatic N) is 1. The van der Waals surface area contributed by atoms with Gasteiger partial charge in [0.05, 0.1) is 0 Å². The number of hydrogen-bond donors (Lipinski definition) is 1. The second-order valence-corrected chi connectivity index (χ2v) is 6.54. The van der Waals surface area contributed by atoms with Crippen LogP contribution < -0.4 is 5.32 Å². The Bertz CT molecular complexity index is 436. The average molecular weight is 264 g/mol. The highest BCUT2D eigenvalue weighted by Gasteiger charge is 2.35. The first kappa shape index (κ1) is 14.6. The molecule has 2 heterocycles. The molecule has 0 spiro atoms. The molecule has 1 aliphatic rings. The molecule has 0 aliphatic carbocycles. The first-order valence-electron chi connectivity index (χ1n) is 7.41. The smallest absolute Gasteiger partial charge is 0.105 e. The molecule has 19 heavy (non-hydrogen) atoms. The SMILES string of the molecule is CCC1CNC(C)(C)CN1C(C)c1cc(C)oc1C. The molecular formula is C16H28N2O. The molecule has 1 N–H and O–H groups in total. The van der Waals surface area contributed by atoms with Crippen molar-refractivity contribution in [3.63, 3.8) is 0 Å². The Morgan fingerprint density at radius 1 is 1.47 bits per heavy atom. The summed E-state index contributed by atoms with van der Waals surface area (Å²) in [4.78, 5) is 2.63. The monoisotopic (exact) mass is 264 g/mol. The zero-order valence-electron chi connectivity index (χ0n) is 13.2. The van der Waals surface area contributed by atoms with Crippen LogP contribution in [0.4, 0.5) is 0 Å². The molecule has 0 saturated carbocycles. The van der Waals surface area contributed by atoms with Crippen molar-refractivity contribution < 1.29 is 4.42 Å². The van der Waals surface area contributed by atoms with Crippen LogP contribution in [0.2, 0.25) is 0 Å². The van der Waals surface area contributed by atoms with E-state index >= 15 is 0 Å². The van der Waals surface area contributed by atoms with Gasteiger partial charge in [0.15, 0.2) is 0 Å². The molecule has 2 unspecified atom stereocenters. The minimum Gasteiger partial charge on any atom is -0.466 e. The predicted molar refractivity (Wildman–Crippen MR) is 79.5 cm³/mol. The van der Waals surface area contributed by atoms with Crippen LogP contribution in [0.1, 0.15) is 57.2 Å². The molecule has 108 valence electrons. The van der Waals surface area contributed by atoms with Crippen LogP contribution in [0.15, 0.2) is 10.5 Å². The van der Waals surface area contributed by atoms with Crippen LogP contribution in [-0.2, 0) is 0 Å². The second kappa shape index (κ2) is 5.29. The van der Waals surface area contributed by atoms with E-state index in [1.165, 1.54) is 12.0 Å². The van der Waals surface area contributed by atoms with E-state index < -0.39 is 0 Å². The lowest BCUT2D eigenvalue weighted by Gasteiger charge is -2.47. The average Bonchev–Trinajstić information content (AvgIpc) is 2.66. The minimum atomic E-state index is 0.187. The van der Waals surface area contributed by atoms with Crippen molar-refractivity contribution in [2.24, 2.45) is 0 Å². The topological polar surface area (TPSA) is 28.4 Å². The van der Waals surface area contributed by atoms with Gasteiger partial charge in [0.1, 0.15) is 11.5 Å². The summed E-state index contributed by atoms with van der Waals surface area (Å²) in [5, 5.41) is 3.65. The highest BCUT2D eigenvalue weighted by molar-refractivity contribution is 5.24. The Morgan fingerprint density at radius 2 is 2.16 bits per heavy atom. The van der Waals surface area contributed by atoms with E-state index in [9.17, 15) is 0 Å². The summed E-state index contributed by atoms with van der Waals surface area (Å²) < 4.78 is 5.71. The van der Waals surface area contributed by atoms with E-state index in [1.54, 1.807) is 0 Å². The van der Waals surface area contributed by atoms with E-state index in [-0.39, 0.29) is 5.54 Å². The molecule has 3 nitrogen and oxygen atoms in total. The molecule has 1 aliphatic heterocycles. The molecule has 2 rings (SSSR count). The van der Waals surface area contributed by atoms with Gasteiger partial charge < -0.3 is 9.73 Å². The maximum absolute atomic E-state index is 5.71. The van der Waals surface area contributed by atoms with Crippen molar-refractivity contribution in [2.75, 3.05) is 13.1 Å². The van der Waals surface area contributed by atoms with E-state index in [0.29, 0.717) is 12.1 Å². The van der Waals surface area contributed by atoms with E-state index in [4.69, 9.17) is 4.42 Å². The van der Waals surface area contributed by atoms with Gasteiger partial charge in [-0.15, -0.1) is 0 Å². The summed E-state index contributed by atoms with van der Waals surface area (Å²) in [6.45, 7) is 15.4. The summed E-state index contributed by atoms with van der Waals surface area (Å²) in [7, 11) is 0. The summed E-state index contributed by atoms with van der Waals surface area (Å²) in [5.74, 6) is 2.08. The Hall–Kier alpha value is -0.800. The van der Waals surface area contributed by atoms with Gasteiger partial charge in [-0.2, -0.15) is 0 Å². The normalized spacial score (nSPS) is 25.5. The van der Waals surface area contributed by atoms with Gasteiger partial charge in [-0.3, -0.25) is 4.90 Å². The van der Waals surface area contributed by atoms with Gasteiger partial charge in [-0.1, -0.05) is 6.92 Å². The molecular weight excluding hydrogens is 236 g/mol. The number of furan rings is 1. The van der Waals surface area contributed by atoms with Crippen molar-refractivity contribution in [2.45, 2.75) is 65.6 Å². The van der Waals surface area contributed by atoms with Crippen LogP contribution in [0.25, 0.3) is 0 Å². The van der Waals surface area contributed by atoms with Crippen LogP contribution in [0.5, 0.6) is 0 Å². The number of aryl methyl sites for hydroxylation is 2.